The van der Waals surface area contributed by atoms with E-state index in [1.165, 1.54) is 0 Å². The van der Waals surface area contributed by atoms with Gasteiger partial charge in [0.25, 0.3) is 0 Å². The van der Waals surface area contributed by atoms with Crippen molar-refractivity contribution in [3.63, 3.8) is 0 Å². The monoisotopic (exact) mass is 290 g/mol. The van der Waals surface area contributed by atoms with Crippen LogP contribution in [-0.2, 0) is 16.1 Å². The van der Waals surface area contributed by atoms with E-state index < -0.39 is 0 Å². The summed E-state index contributed by atoms with van der Waals surface area (Å²) in [6.07, 6.45) is 2.06. The Balaban J connectivity index is 2.05. The average molecular weight is 290 g/mol. The smallest absolute Gasteiger partial charge is 0.325 e. The van der Waals surface area contributed by atoms with Crippen molar-refractivity contribution in [2.45, 2.75) is 26.3 Å². The van der Waals surface area contributed by atoms with Gasteiger partial charge in [0.15, 0.2) is 0 Å². The molecule has 1 aromatic rings. The highest BCUT2D eigenvalue weighted by molar-refractivity contribution is 5.81. The highest BCUT2D eigenvalue weighted by Crippen LogP contribution is 2.13. The first-order chi connectivity index (χ1) is 10.2. The zero-order valence-corrected chi connectivity index (χ0v) is 12.5. The van der Waals surface area contributed by atoms with Crippen LogP contribution in [0.2, 0.25) is 0 Å². The summed E-state index contributed by atoms with van der Waals surface area (Å²) in [5, 5.41) is 0. The Morgan fingerprint density at radius 3 is 2.48 bits per heavy atom. The van der Waals surface area contributed by atoms with Gasteiger partial charge < -0.3 is 14.5 Å². The van der Waals surface area contributed by atoms with E-state index in [2.05, 4.69) is 0 Å². The predicted octanol–water partition coefficient (Wildman–Crippen LogP) is 2.27. The van der Waals surface area contributed by atoms with Crippen LogP contribution in [0.15, 0.2) is 30.3 Å². The molecule has 5 nitrogen and oxygen atoms in total. The van der Waals surface area contributed by atoms with Crippen molar-refractivity contribution in [3.05, 3.63) is 35.9 Å². The van der Waals surface area contributed by atoms with E-state index in [1.807, 2.05) is 35.2 Å². The summed E-state index contributed by atoms with van der Waals surface area (Å²) in [5.41, 5.74) is 1.01. The van der Waals surface area contributed by atoms with Crippen molar-refractivity contribution >= 4 is 12.0 Å². The molecule has 0 saturated carbocycles. The minimum atomic E-state index is -0.360. The van der Waals surface area contributed by atoms with E-state index in [0.29, 0.717) is 13.2 Å². The van der Waals surface area contributed by atoms with Gasteiger partial charge in [0.05, 0.1) is 6.61 Å². The van der Waals surface area contributed by atoms with Crippen LogP contribution in [0.25, 0.3) is 0 Å². The molecule has 1 fully saturated rings. The van der Waals surface area contributed by atoms with Gasteiger partial charge in [0.1, 0.15) is 6.54 Å². The van der Waals surface area contributed by atoms with Crippen LogP contribution in [0, 0.1) is 0 Å². The Labute approximate surface area is 125 Å². The first-order valence-corrected chi connectivity index (χ1v) is 7.44. The molecule has 1 heterocycles. The van der Waals surface area contributed by atoms with Gasteiger partial charge in [-0.3, -0.25) is 4.79 Å². The molecule has 1 aromatic carbocycles. The lowest BCUT2D eigenvalue weighted by atomic mass is 10.2. The number of hydrogen-bond acceptors (Lipinski definition) is 3. The number of benzene rings is 1. The Bertz CT molecular complexity index is 470. The number of rotatable bonds is 5. The van der Waals surface area contributed by atoms with E-state index >= 15 is 0 Å². The summed E-state index contributed by atoms with van der Waals surface area (Å²) >= 11 is 0. The summed E-state index contributed by atoms with van der Waals surface area (Å²) < 4.78 is 4.97. The van der Waals surface area contributed by atoms with Crippen LogP contribution >= 0.6 is 0 Å². The predicted molar refractivity (Wildman–Crippen MR) is 79.7 cm³/mol. The number of carbonyl (C=O) groups excluding carboxylic acids is 2. The number of nitrogens with zero attached hydrogens (tertiary/aromatic N) is 2. The van der Waals surface area contributed by atoms with Crippen molar-refractivity contribution in [1.82, 2.24) is 9.80 Å². The summed E-state index contributed by atoms with van der Waals surface area (Å²) in [6.45, 7) is 4.06. The summed E-state index contributed by atoms with van der Waals surface area (Å²) in [7, 11) is 0. The third kappa shape index (κ3) is 4.48. The Morgan fingerprint density at radius 1 is 1.19 bits per heavy atom. The van der Waals surface area contributed by atoms with Crippen molar-refractivity contribution in [2.75, 3.05) is 26.2 Å². The normalized spacial score (nSPS) is 14.0. The summed E-state index contributed by atoms with van der Waals surface area (Å²) in [4.78, 5) is 27.6. The fourth-order valence-electron chi connectivity index (χ4n) is 2.47. The maximum absolute atomic E-state index is 12.5. The second kappa shape index (κ2) is 7.67. The van der Waals surface area contributed by atoms with Crippen LogP contribution < -0.4 is 0 Å². The molecule has 21 heavy (non-hydrogen) atoms. The molecule has 5 heteroatoms. The minimum absolute atomic E-state index is 0.00192. The lowest BCUT2D eigenvalue weighted by molar-refractivity contribution is -0.144. The van der Waals surface area contributed by atoms with Crippen molar-refractivity contribution in [1.29, 1.82) is 0 Å². The molecule has 0 bridgehead atoms. The quantitative estimate of drug-likeness (QED) is 0.782. The minimum Gasteiger partial charge on any atom is -0.465 e. The van der Waals surface area contributed by atoms with Crippen LogP contribution in [0.3, 0.4) is 0 Å². The highest BCUT2D eigenvalue weighted by atomic mass is 16.5. The van der Waals surface area contributed by atoms with Gasteiger partial charge in [-0.05, 0) is 25.3 Å². The van der Waals surface area contributed by atoms with Gasteiger partial charge in [-0.25, -0.2) is 4.79 Å². The number of likely N-dealkylation sites (tertiary alicyclic amines) is 1. The second-order valence-corrected chi connectivity index (χ2v) is 5.12. The molecule has 0 N–H and O–H groups in total. The Hall–Kier alpha value is -2.04. The molecule has 2 rings (SSSR count). The molecule has 114 valence electrons. The fraction of sp³-hybridized carbons (Fsp3) is 0.500. The standard InChI is InChI=1S/C16H22N2O3/c1-2-21-15(19)13-18(12-14-8-4-3-5-9-14)16(20)17-10-6-7-11-17/h3-5,8-9H,2,6-7,10-13H2,1H3. The lowest BCUT2D eigenvalue weighted by Crippen LogP contribution is -2.44. The molecular weight excluding hydrogens is 268 g/mol. The van der Waals surface area contributed by atoms with Gasteiger partial charge in [-0.1, -0.05) is 30.3 Å². The summed E-state index contributed by atoms with van der Waals surface area (Å²) in [5.74, 6) is -0.360. The van der Waals surface area contributed by atoms with Crippen LogP contribution in [0.4, 0.5) is 4.79 Å². The molecule has 0 aliphatic carbocycles. The van der Waals surface area contributed by atoms with E-state index in [0.717, 1.165) is 31.5 Å². The first-order valence-electron chi connectivity index (χ1n) is 7.44. The lowest BCUT2D eigenvalue weighted by Gasteiger charge is -2.27. The number of urea groups is 1. The number of esters is 1. The van der Waals surface area contributed by atoms with Crippen molar-refractivity contribution in [3.8, 4) is 0 Å². The van der Waals surface area contributed by atoms with E-state index in [9.17, 15) is 9.59 Å². The molecule has 1 aliphatic rings. The molecule has 0 spiro atoms. The van der Waals surface area contributed by atoms with Crippen LogP contribution in [-0.4, -0.2) is 48.0 Å². The van der Waals surface area contributed by atoms with Gasteiger partial charge >= 0.3 is 12.0 Å². The van der Waals surface area contributed by atoms with Gasteiger partial charge in [-0.2, -0.15) is 0 Å². The molecule has 0 unspecified atom stereocenters. The third-order valence-electron chi connectivity index (χ3n) is 3.49. The Kier molecular flexibility index (Phi) is 5.60. The Morgan fingerprint density at radius 2 is 1.86 bits per heavy atom. The largest absolute Gasteiger partial charge is 0.465 e. The zero-order chi connectivity index (χ0) is 15.1. The maximum atomic E-state index is 12.5. The van der Waals surface area contributed by atoms with Gasteiger partial charge in [-0.15, -0.1) is 0 Å². The molecule has 0 atom stereocenters. The fourth-order valence-corrected chi connectivity index (χ4v) is 2.47. The first kappa shape index (κ1) is 15.4. The van der Waals surface area contributed by atoms with Crippen molar-refractivity contribution < 1.29 is 14.3 Å². The average Bonchev–Trinajstić information content (AvgIpc) is 3.01. The second-order valence-electron chi connectivity index (χ2n) is 5.12. The van der Waals surface area contributed by atoms with E-state index in [4.69, 9.17) is 4.74 Å². The molecule has 1 aliphatic heterocycles. The maximum Gasteiger partial charge on any atom is 0.325 e. The van der Waals surface area contributed by atoms with E-state index in [-0.39, 0.29) is 18.5 Å². The van der Waals surface area contributed by atoms with Crippen molar-refractivity contribution in [2.24, 2.45) is 0 Å². The third-order valence-corrected chi connectivity index (χ3v) is 3.49. The molecule has 2 amide bonds. The number of hydrogen-bond donors (Lipinski definition) is 0. The van der Waals surface area contributed by atoms with Gasteiger partial charge in [0, 0.05) is 19.6 Å². The topological polar surface area (TPSA) is 49.9 Å². The van der Waals surface area contributed by atoms with E-state index in [1.54, 1.807) is 11.8 Å². The van der Waals surface area contributed by atoms with Crippen LogP contribution in [0.5, 0.6) is 0 Å². The molecule has 0 radical (unpaired) electrons. The number of amides is 2. The summed E-state index contributed by atoms with van der Waals surface area (Å²) in [6, 6.07) is 9.62. The zero-order valence-electron chi connectivity index (χ0n) is 12.5. The van der Waals surface area contributed by atoms with Gasteiger partial charge in [0.2, 0.25) is 0 Å². The number of ether oxygens (including phenoxy) is 1. The SMILES string of the molecule is CCOC(=O)CN(Cc1ccccc1)C(=O)N1CCCC1. The molecule has 0 aromatic heterocycles. The highest BCUT2D eigenvalue weighted by Gasteiger charge is 2.25. The molecular formula is C16H22N2O3. The number of carbonyl (C=O) groups is 2. The van der Waals surface area contributed by atoms with Crippen LogP contribution in [0.1, 0.15) is 25.3 Å². The molecule has 1 saturated heterocycles.